The average molecular weight is 300 g/mol. The van der Waals surface area contributed by atoms with E-state index in [1.807, 2.05) is 0 Å². The van der Waals surface area contributed by atoms with Crippen LogP contribution < -0.4 is 15.7 Å². The summed E-state index contributed by atoms with van der Waals surface area (Å²) in [7, 11) is -1.38. The van der Waals surface area contributed by atoms with Gasteiger partial charge in [-0.15, -0.1) is 0 Å². The van der Waals surface area contributed by atoms with Gasteiger partial charge < -0.3 is 0 Å². The van der Waals surface area contributed by atoms with Crippen LogP contribution in [0.4, 0.5) is 0 Å². The molecular weight excluding hydrogens is 275 g/mol. The van der Waals surface area contributed by atoms with E-state index in [1.54, 1.807) is 0 Å². The van der Waals surface area contributed by atoms with E-state index in [9.17, 15) is 0 Å². The summed E-state index contributed by atoms with van der Waals surface area (Å²) >= 11 is -1.78. The van der Waals surface area contributed by atoms with Gasteiger partial charge in [-0.25, -0.2) is 0 Å². The van der Waals surface area contributed by atoms with Crippen molar-refractivity contribution in [2.24, 2.45) is 5.73 Å². The number of hydrogen-bond donors (Lipinski definition) is 1. The molecule has 0 amide bonds. The van der Waals surface area contributed by atoms with Crippen LogP contribution in [0.1, 0.15) is 6.42 Å². The molecule has 0 aliphatic rings. The van der Waals surface area contributed by atoms with E-state index in [-0.39, 0.29) is 0 Å². The van der Waals surface area contributed by atoms with Crippen molar-refractivity contribution in [2.75, 3.05) is 6.54 Å². The van der Waals surface area contributed by atoms with E-state index in [4.69, 9.17) is 10.2 Å². The van der Waals surface area contributed by atoms with Gasteiger partial charge in [-0.2, -0.15) is 0 Å². The van der Waals surface area contributed by atoms with Crippen LogP contribution in [-0.4, -0.2) is 27.9 Å². The van der Waals surface area contributed by atoms with Crippen molar-refractivity contribution in [3.63, 3.8) is 0 Å². The number of hydrogen-bond acceptors (Lipinski definition) is 2. The zero-order valence-electron chi connectivity index (χ0n) is 11.3. The first-order valence-electron chi connectivity index (χ1n) is 6.08. The molecule has 0 aromatic carbocycles. The molecule has 2 N–H and O–H groups in total. The summed E-state index contributed by atoms with van der Waals surface area (Å²) in [6.45, 7) is 5.54. The van der Waals surface area contributed by atoms with Crippen molar-refractivity contribution in [3.05, 3.63) is 12.1 Å². The Balaban J connectivity index is 2.84. The van der Waals surface area contributed by atoms with Crippen molar-refractivity contribution < 1.29 is 4.42 Å². The summed E-state index contributed by atoms with van der Waals surface area (Å²) in [5.74, 6) is 7.12. The second kappa shape index (κ2) is 5.10. The Morgan fingerprint density at radius 2 is 1.88 bits per heavy atom. The Morgan fingerprint density at radius 1 is 1.25 bits per heavy atom. The van der Waals surface area contributed by atoms with Crippen LogP contribution in [0.15, 0.2) is 16.5 Å². The van der Waals surface area contributed by atoms with E-state index < -0.39 is 21.3 Å². The minimum absolute atomic E-state index is 0.793. The van der Waals surface area contributed by atoms with Crippen LogP contribution in [0, 0.1) is 0 Å². The molecule has 16 heavy (non-hydrogen) atoms. The number of rotatable bonds is 5. The van der Waals surface area contributed by atoms with Crippen LogP contribution in [0.3, 0.4) is 0 Å². The Kier molecular flexibility index (Phi) is 4.49. The van der Waals surface area contributed by atoms with Gasteiger partial charge in [0.2, 0.25) is 0 Å². The van der Waals surface area contributed by atoms with Crippen molar-refractivity contribution in [1.82, 2.24) is 0 Å². The molecule has 1 aromatic heterocycles. The second-order valence-corrected chi connectivity index (χ2v) is 21.4. The fourth-order valence-electron chi connectivity index (χ4n) is 1.77. The van der Waals surface area contributed by atoms with Gasteiger partial charge in [0.15, 0.2) is 0 Å². The van der Waals surface area contributed by atoms with Crippen molar-refractivity contribution in [1.29, 1.82) is 0 Å². The summed E-state index contributed by atoms with van der Waals surface area (Å²) in [4.78, 5) is 0. The maximum atomic E-state index is 6.11. The quantitative estimate of drug-likeness (QED) is 0.846. The first kappa shape index (κ1) is 14.1. The third kappa shape index (κ3) is 3.50. The normalized spacial score (nSPS) is 13.1. The SMILES string of the molecule is C[Si](C)(CCCN)c1cc[c]([Ge]([CH3])([CH3])[CH3])o1. The zero-order chi connectivity index (χ0) is 12.4. The fourth-order valence-corrected chi connectivity index (χ4v) is 6.34. The summed E-state index contributed by atoms with van der Waals surface area (Å²) in [5, 5.41) is 1.26. The zero-order valence-corrected chi connectivity index (χ0v) is 14.4. The standard InChI is InChI=1S/C12H25GeNOSi/c1-13(2,3)11-7-8-12(15-11)16(4,5)10-6-9-14/h7-8H,6,9-10,14H2,1-5H3. The van der Waals surface area contributed by atoms with Gasteiger partial charge in [0, 0.05) is 0 Å². The van der Waals surface area contributed by atoms with Gasteiger partial charge in [0.1, 0.15) is 0 Å². The van der Waals surface area contributed by atoms with Gasteiger partial charge in [-0.05, 0) is 0 Å². The molecule has 0 spiro atoms. The first-order chi connectivity index (χ1) is 7.27. The summed E-state index contributed by atoms with van der Waals surface area (Å²) in [6, 6.07) is 5.66. The monoisotopic (exact) mass is 301 g/mol. The number of furan rings is 1. The molecule has 92 valence electrons. The van der Waals surface area contributed by atoms with Gasteiger partial charge in [0.25, 0.3) is 0 Å². The van der Waals surface area contributed by atoms with Crippen molar-refractivity contribution in [2.45, 2.75) is 42.8 Å². The molecule has 2 nitrogen and oxygen atoms in total. The molecular formula is C12H25GeNOSi. The molecule has 0 saturated heterocycles. The molecule has 0 saturated carbocycles. The van der Waals surface area contributed by atoms with Gasteiger partial charge >= 0.3 is 103 Å². The molecule has 0 aliphatic heterocycles. The third-order valence-electron chi connectivity index (χ3n) is 3.02. The van der Waals surface area contributed by atoms with Crippen LogP contribution >= 0.6 is 0 Å². The summed E-state index contributed by atoms with van der Waals surface area (Å²) in [5.41, 5.74) is 5.59. The fraction of sp³-hybridized carbons (Fsp3) is 0.667. The molecule has 0 fully saturated rings. The summed E-state index contributed by atoms with van der Waals surface area (Å²) in [6.07, 6.45) is 1.12. The van der Waals surface area contributed by atoms with Crippen LogP contribution in [0.2, 0.25) is 36.4 Å². The molecule has 1 heterocycles. The molecule has 0 aliphatic carbocycles. The van der Waals surface area contributed by atoms with Crippen LogP contribution in [-0.2, 0) is 0 Å². The van der Waals surface area contributed by atoms with E-state index in [2.05, 4.69) is 42.5 Å². The molecule has 0 unspecified atom stereocenters. The van der Waals surface area contributed by atoms with Crippen molar-refractivity contribution in [3.8, 4) is 0 Å². The first-order valence-corrected chi connectivity index (χ1v) is 16.6. The molecule has 0 atom stereocenters. The van der Waals surface area contributed by atoms with Crippen LogP contribution in [0.5, 0.6) is 0 Å². The Hall–Kier alpha value is -0.000260. The molecule has 0 bridgehead atoms. The average Bonchev–Trinajstić information content (AvgIpc) is 2.63. The topological polar surface area (TPSA) is 39.2 Å². The van der Waals surface area contributed by atoms with Gasteiger partial charge in [0.05, 0.1) is 0 Å². The molecule has 1 rings (SSSR count). The Morgan fingerprint density at radius 3 is 2.31 bits per heavy atom. The van der Waals surface area contributed by atoms with E-state index in [0.29, 0.717) is 0 Å². The van der Waals surface area contributed by atoms with E-state index >= 15 is 0 Å². The van der Waals surface area contributed by atoms with E-state index in [0.717, 1.165) is 13.0 Å². The molecule has 0 radical (unpaired) electrons. The van der Waals surface area contributed by atoms with Crippen molar-refractivity contribution >= 4 is 31.3 Å². The maximum absolute atomic E-state index is 6.11. The van der Waals surface area contributed by atoms with Crippen LogP contribution in [0.25, 0.3) is 0 Å². The Bertz CT molecular complexity index is 341. The number of nitrogens with two attached hydrogens (primary N) is 1. The summed E-state index contributed by atoms with van der Waals surface area (Å²) < 4.78 is 7.40. The minimum atomic E-state index is -1.78. The third-order valence-corrected chi connectivity index (χ3v) is 9.89. The van der Waals surface area contributed by atoms with Gasteiger partial charge in [-0.1, -0.05) is 0 Å². The van der Waals surface area contributed by atoms with Gasteiger partial charge in [-0.3, -0.25) is 0 Å². The predicted octanol–water partition coefficient (Wildman–Crippen LogP) is 2.09. The predicted molar refractivity (Wildman–Crippen MR) is 77.3 cm³/mol. The van der Waals surface area contributed by atoms with E-state index in [1.165, 1.54) is 16.0 Å². The Labute approximate surface area is 103 Å². The molecule has 1 aromatic rings. The molecule has 4 heteroatoms. The second-order valence-electron chi connectivity index (χ2n) is 6.19.